The second-order valence-electron chi connectivity index (χ2n) is 5.28. The molecule has 0 aromatic rings. The zero-order chi connectivity index (χ0) is 12.5. The summed E-state index contributed by atoms with van der Waals surface area (Å²) in [5.41, 5.74) is 0. The highest BCUT2D eigenvalue weighted by Gasteiger charge is 2.36. The van der Waals surface area contributed by atoms with E-state index in [1.807, 2.05) is 6.92 Å². The number of piperidine rings is 1. The van der Waals surface area contributed by atoms with Crippen molar-refractivity contribution in [3.63, 3.8) is 0 Å². The molecule has 0 aromatic carbocycles. The predicted octanol–water partition coefficient (Wildman–Crippen LogP) is 0.257. The van der Waals surface area contributed by atoms with Crippen LogP contribution < -0.4 is 5.32 Å². The van der Waals surface area contributed by atoms with Gasteiger partial charge in [0.05, 0.1) is 0 Å². The van der Waals surface area contributed by atoms with Crippen LogP contribution in [0.3, 0.4) is 0 Å². The van der Waals surface area contributed by atoms with Gasteiger partial charge in [0, 0.05) is 38.8 Å². The van der Waals surface area contributed by atoms with Gasteiger partial charge in [-0.15, -0.1) is 0 Å². The van der Waals surface area contributed by atoms with E-state index in [0.717, 1.165) is 25.9 Å². The maximum Gasteiger partial charge on any atom is 0.282 e. The third-order valence-electron chi connectivity index (χ3n) is 3.68. The average molecular weight is 261 g/mol. The Bertz CT molecular complexity index is 358. The fraction of sp³-hybridized carbons (Fsp3) is 1.00. The first-order valence-corrected chi connectivity index (χ1v) is 7.89. The number of rotatable bonds is 2. The fourth-order valence-corrected chi connectivity index (χ4v) is 4.62. The van der Waals surface area contributed by atoms with Gasteiger partial charge in [0.15, 0.2) is 0 Å². The minimum absolute atomic E-state index is 0.0611. The quantitative estimate of drug-likeness (QED) is 0.775. The molecule has 2 aliphatic heterocycles. The van der Waals surface area contributed by atoms with Gasteiger partial charge in [-0.1, -0.05) is 6.92 Å². The van der Waals surface area contributed by atoms with Crippen LogP contribution in [-0.2, 0) is 10.2 Å². The predicted molar refractivity (Wildman–Crippen MR) is 67.9 cm³/mol. The summed E-state index contributed by atoms with van der Waals surface area (Å²) in [6.07, 6.45) is 2.13. The first-order valence-electron chi connectivity index (χ1n) is 6.49. The topological polar surface area (TPSA) is 52.7 Å². The van der Waals surface area contributed by atoms with Crippen LogP contribution in [-0.4, -0.2) is 55.8 Å². The Labute approximate surface area is 104 Å². The zero-order valence-electron chi connectivity index (χ0n) is 10.7. The number of piperazine rings is 1. The maximum atomic E-state index is 12.5. The van der Waals surface area contributed by atoms with Gasteiger partial charge in [-0.05, 0) is 25.7 Å². The van der Waals surface area contributed by atoms with Crippen LogP contribution >= 0.6 is 0 Å². The monoisotopic (exact) mass is 261 g/mol. The van der Waals surface area contributed by atoms with Gasteiger partial charge >= 0.3 is 0 Å². The summed E-state index contributed by atoms with van der Waals surface area (Å²) in [4.78, 5) is 0. The molecule has 2 heterocycles. The Morgan fingerprint density at radius 1 is 1.24 bits per heavy atom. The van der Waals surface area contributed by atoms with Crippen molar-refractivity contribution in [2.24, 2.45) is 5.92 Å². The summed E-state index contributed by atoms with van der Waals surface area (Å²) in [6.45, 7) is 7.56. The lowest BCUT2D eigenvalue weighted by Crippen LogP contribution is -2.57. The molecule has 2 atom stereocenters. The van der Waals surface area contributed by atoms with Crippen molar-refractivity contribution in [3.05, 3.63) is 0 Å². The largest absolute Gasteiger partial charge is 0.314 e. The smallest absolute Gasteiger partial charge is 0.282 e. The third-order valence-corrected chi connectivity index (χ3v) is 5.80. The standard InChI is InChI=1S/C11H23N3O2S/c1-10-4-3-6-13(9-10)17(15,16)14-7-5-12-8-11(14)2/h10-12H,3-9H2,1-2H3/t10-,11-/m1/s1. The van der Waals surface area contributed by atoms with Gasteiger partial charge in [-0.25, -0.2) is 0 Å². The first-order chi connectivity index (χ1) is 8.01. The van der Waals surface area contributed by atoms with Gasteiger partial charge < -0.3 is 5.32 Å². The lowest BCUT2D eigenvalue weighted by molar-refractivity contribution is 0.226. The Hall–Kier alpha value is -0.170. The van der Waals surface area contributed by atoms with Gasteiger partial charge in [0.2, 0.25) is 0 Å². The average Bonchev–Trinajstić information content (AvgIpc) is 2.29. The molecule has 0 spiro atoms. The zero-order valence-corrected chi connectivity index (χ0v) is 11.5. The molecule has 6 heteroatoms. The summed E-state index contributed by atoms with van der Waals surface area (Å²) in [7, 11) is -3.24. The number of nitrogens with one attached hydrogen (secondary N) is 1. The fourth-order valence-electron chi connectivity index (χ4n) is 2.67. The van der Waals surface area contributed by atoms with Crippen LogP contribution in [0.25, 0.3) is 0 Å². The lowest BCUT2D eigenvalue weighted by Gasteiger charge is -2.39. The molecule has 1 N–H and O–H groups in total. The second-order valence-corrected chi connectivity index (χ2v) is 7.16. The van der Waals surface area contributed by atoms with E-state index in [0.29, 0.717) is 25.6 Å². The molecule has 17 heavy (non-hydrogen) atoms. The van der Waals surface area contributed by atoms with Crippen LogP contribution in [0.4, 0.5) is 0 Å². The van der Waals surface area contributed by atoms with Crippen LogP contribution in [0.15, 0.2) is 0 Å². The van der Waals surface area contributed by atoms with Gasteiger partial charge in [0.25, 0.3) is 10.2 Å². The number of hydrogen-bond donors (Lipinski definition) is 1. The van der Waals surface area contributed by atoms with Crippen LogP contribution in [0.1, 0.15) is 26.7 Å². The van der Waals surface area contributed by atoms with Crippen molar-refractivity contribution in [2.45, 2.75) is 32.7 Å². The summed E-state index contributed by atoms with van der Waals surface area (Å²) in [5.74, 6) is 0.483. The molecule has 2 saturated heterocycles. The number of hydrogen-bond acceptors (Lipinski definition) is 3. The molecule has 2 fully saturated rings. The normalized spacial score (nSPS) is 33.8. The van der Waals surface area contributed by atoms with E-state index in [4.69, 9.17) is 0 Å². The van der Waals surface area contributed by atoms with E-state index in [1.54, 1.807) is 8.61 Å². The van der Waals surface area contributed by atoms with E-state index in [2.05, 4.69) is 12.2 Å². The van der Waals surface area contributed by atoms with Crippen LogP contribution in [0.5, 0.6) is 0 Å². The van der Waals surface area contributed by atoms with Crippen LogP contribution in [0.2, 0.25) is 0 Å². The maximum absolute atomic E-state index is 12.5. The molecule has 100 valence electrons. The van der Waals surface area contributed by atoms with Gasteiger partial charge in [-0.3, -0.25) is 0 Å². The van der Waals surface area contributed by atoms with Crippen LogP contribution in [0, 0.1) is 5.92 Å². The highest BCUT2D eigenvalue weighted by Crippen LogP contribution is 2.22. The molecular weight excluding hydrogens is 238 g/mol. The summed E-state index contributed by atoms with van der Waals surface area (Å²) in [6, 6.07) is 0.0611. The molecule has 2 aliphatic rings. The molecule has 0 amide bonds. The minimum Gasteiger partial charge on any atom is -0.314 e. The number of nitrogens with zero attached hydrogens (tertiary/aromatic N) is 2. The molecule has 0 radical (unpaired) electrons. The van der Waals surface area contributed by atoms with Gasteiger partial charge in [0.1, 0.15) is 0 Å². The Morgan fingerprint density at radius 3 is 2.65 bits per heavy atom. The molecule has 0 unspecified atom stereocenters. The van der Waals surface area contributed by atoms with Crippen molar-refractivity contribution < 1.29 is 8.42 Å². The van der Waals surface area contributed by atoms with Crippen molar-refractivity contribution in [2.75, 3.05) is 32.7 Å². The summed E-state index contributed by atoms with van der Waals surface area (Å²) >= 11 is 0. The van der Waals surface area contributed by atoms with Gasteiger partial charge in [-0.2, -0.15) is 17.0 Å². The van der Waals surface area contributed by atoms with Crippen molar-refractivity contribution >= 4 is 10.2 Å². The minimum atomic E-state index is -3.24. The van der Waals surface area contributed by atoms with E-state index < -0.39 is 10.2 Å². The Morgan fingerprint density at radius 2 is 2.00 bits per heavy atom. The Balaban J connectivity index is 2.11. The van der Waals surface area contributed by atoms with E-state index in [9.17, 15) is 8.42 Å². The SMILES string of the molecule is C[C@@H]1CCCN(S(=O)(=O)N2CCNC[C@H]2C)C1. The molecule has 0 aromatic heterocycles. The second kappa shape index (κ2) is 5.22. The van der Waals surface area contributed by atoms with E-state index >= 15 is 0 Å². The molecule has 0 bridgehead atoms. The van der Waals surface area contributed by atoms with Crippen molar-refractivity contribution in [1.82, 2.24) is 13.9 Å². The molecule has 0 aliphatic carbocycles. The third kappa shape index (κ3) is 2.81. The highest BCUT2D eigenvalue weighted by atomic mass is 32.2. The Kier molecular flexibility index (Phi) is 4.07. The van der Waals surface area contributed by atoms with E-state index in [1.165, 1.54) is 0 Å². The summed E-state index contributed by atoms with van der Waals surface area (Å²) in [5, 5.41) is 3.22. The molecule has 0 saturated carbocycles. The molecule has 5 nitrogen and oxygen atoms in total. The van der Waals surface area contributed by atoms with Crippen molar-refractivity contribution in [1.29, 1.82) is 0 Å². The van der Waals surface area contributed by atoms with E-state index in [-0.39, 0.29) is 6.04 Å². The van der Waals surface area contributed by atoms with Crippen molar-refractivity contribution in [3.8, 4) is 0 Å². The highest BCUT2D eigenvalue weighted by molar-refractivity contribution is 7.86. The first kappa shape index (κ1) is 13.3. The molecule has 2 rings (SSSR count). The lowest BCUT2D eigenvalue weighted by atomic mass is 10.0. The molecular formula is C11H23N3O2S. The summed E-state index contributed by atoms with van der Waals surface area (Å²) < 4.78 is 28.4.